The smallest absolute Gasteiger partial charge is 0.340 e. The van der Waals surface area contributed by atoms with Crippen LogP contribution in [0, 0.1) is 0 Å². The van der Waals surface area contributed by atoms with Crippen molar-refractivity contribution in [2.24, 2.45) is 0 Å². The Morgan fingerprint density at radius 1 is 1.18 bits per heavy atom. The standard InChI is InChI=1S/C27H22IN7O4S/c1-38-23-10-18(27(37)39-13-16-5-3-2-4-6-16)21(34-12-20(29-15-34)17-7-8-17)9-19(23)25(36)31-24-14-40-26(32-24)22-11-30-33-35(22)28/h2-6,9-12,14-15,17H,7-8,13H2,1H3,(H,31,36). The molecule has 13 heteroatoms. The lowest BCUT2D eigenvalue weighted by atomic mass is 10.1. The maximum absolute atomic E-state index is 13.5. The van der Waals surface area contributed by atoms with Crippen LogP contribution in [0.3, 0.4) is 0 Å². The highest BCUT2D eigenvalue weighted by Crippen LogP contribution is 2.39. The second-order valence-corrected chi connectivity index (χ2v) is 10.9. The first-order valence-electron chi connectivity index (χ1n) is 12.3. The zero-order valence-electron chi connectivity index (χ0n) is 21.2. The van der Waals surface area contributed by atoms with E-state index in [1.54, 1.807) is 31.4 Å². The number of halogens is 1. The van der Waals surface area contributed by atoms with Crippen LogP contribution in [-0.4, -0.2) is 46.7 Å². The summed E-state index contributed by atoms with van der Waals surface area (Å²) in [5.74, 6) is 0.0297. The van der Waals surface area contributed by atoms with Gasteiger partial charge in [0.1, 0.15) is 28.9 Å². The SMILES string of the molecule is COc1cc(C(=O)OCc2ccccc2)c(-n2cnc(C3CC3)c2)cc1C(=O)Nc1csc(-c2cnnn2I)n1. The van der Waals surface area contributed by atoms with Crippen molar-refractivity contribution in [3.63, 3.8) is 0 Å². The first-order valence-corrected chi connectivity index (χ1v) is 14.2. The number of hydrogen-bond donors (Lipinski definition) is 1. The Kier molecular flexibility index (Phi) is 7.30. The molecular weight excluding hydrogens is 645 g/mol. The molecule has 3 heterocycles. The topological polar surface area (TPSA) is 126 Å². The molecular formula is C27H22IN7O4S. The molecule has 1 aliphatic carbocycles. The Labute approximate surface area is 246 Å². The first kappa shape index (κ1) is 26.1. The van der Waals surface area contributed by atoms with Gasteiger partial charge in [-0.1, -0.05) is 35.5 Å². The van der Waals surface area contributed by atoms with E-state index in [0.717, 1.165) is 29.8 Å². The highest BCUT2D eigenvalue weighted by atomic mass is 127. The van der Waals surface area contributed by atoms with Crippen LogP contribution in [0.5, 0.6) is 5.75 Å². The third-order valence-corrected chi connectivity index (χ3v) is 7.92. The largest absolute Gasteiger partial charge is 0.496 e. The van der Waals surface area contributed by atoms with Gasteiger partial charge >= 0.3 is 5.97 Å². The van der Waals surface area contributed by atoms with Gasteiger partial charge in [-0.3, -0.25) is 4.79 Å². The van der Waals surface area contributed by atoms with Gasteiger partial charge in [0, 0.05) is 17.5 Å². The van der Waals surface area contributed by atoms with Crippen LogP contribution in [0.25, 0.3) is 16.4 Å². The van der Waals surface area contributed by atoms with E-state index in [0.29, 0.717) is 22.4 Å². The molecule has 0 aliphatic heterocycles. The van der Waals surface area contributed by atoms with Crippen molar-refractivity contribution >= 4 is 51.9 Å². The summed E-state index contributed by atoms with van der Waals surface area (Å²) in [4.78, 5) is 35.8. The van der Waals surface area contributed by atoms with Crippen LogP contribution in [-0.2, 0) is 11.3 Å². The number of imidazole rings is 1. The number of thiazole rings is 1. The van der Waals surface area contributed by atoms with Gasteiger partial charge in [-0.2, -0.15) is 2.90 Å². The molecule has 1 aliphatic rings. The van der Waals surface area contributed by atoms with Crippen molar-refractivity contribution in [3.05, 3.63) is 88.9 Å². The number of anilines is 1. The number of aromatic nitrogens is 6. The molecule has 202 valence electrons. The zero-order valence-corrected chi connectivity index (χ0v) is 24.1. The number of ether oxygens (including phenoxy) is 2. The van der Waals surface area contributed by atoms with Crippen molar-refractivity contribution in [1.29, 1.82) is 0 Å². The van der Waals surface area contributed by atoms with E-state index in [1.165, 1.54) is 24.5 Å². The van der Waals surface area contributed by atoms with Crippen LogP contribution in [0.15, 0.2) is 66.6 Å². The Morgan fingerprint density at radius 2 is 2.00 bits per heavy atom. The molecule has 2 aromatic carbocycles. The molecule has 0 bridgehead atoms. The summed E-state index contributed by atoms with van der Waals surface area (Å²) in [7, 11) is 1.45. The lowest BCUT2D eigenvalue weighted by Gasteiger charge is -2.15. The molecule has 3 aromatic heterocycles. The normalized spacial score (nSPS) is 12.8. The fourth-order valence-corrected chi connectivity index (χ4v) is 5.51. The summed E-state index contributed by atoms with van der Waals surface area (Å²) in [5, 5.41) is 13.0. The minimum Gasteiger partial charge on any atom is -0.496 e. The molecule has 0 atom stereocenters. The molecule has 1 saturated carbocycles. The molecule has 0 radical (unpaired) electrons. The molecule has 0 saturated heterocycles. The van der Waals surface area contributed by atoms with Crippen LogP contribution in [0.4, 0.5) is 5.82 Å². The summed E-state index contributed by atoms with van der Waals surface area (Å²) in [6, 6.07) is 12.6. The summed E-state index contributed by atoms with van der Waals surface area (Å²) in [6.07, 6.45) is 7.32. The van der Waals surface area contributed by atoms with Crippen molar-refractivity contribution in [1.82, 2.24) is 27.7 Å². The van der Waals surface area contributed by atoms with Gasteiger partial charge in [0.2, 0.25) is 0 Å². The number of amides is 1. The highest BCUT2D eigenvalue weighted by molar-refractivity contribution is 14.1. The van der Waals surface area contributed by atoms with Crippen molar-refractivity contribution in [3.8, 4) is 22.1 Å². The van der Waals surface area contributed by atoms with Gasteiger partial charge in [-0.25, -0.2) is 14.8 Å². The van der Waals surface area contributed by atoms with Crippen LogP contribution >= 0.6 is 34.2 Å². The van der Waals surface area contributed by atoms with E-state index >= 15 is 0 Å². The van der Waals surface area contributed by atoms with Gasteiger partial charge in [-0.15, -0.1) is 16.4 Å². The van der Waals surface area contributed by atoms with E-state index in [1.807, 2.05) is 59.4 Å². The summed E-state index contributed by atoms with van der Waals surface area (Å²) >= 11 is 3.36. The summed E-state index contributed by atoms with van der Waals surface area (Å²) in [6.45, 7) is 0.110. The van der Waals surface area contributed by atoms with E-state index in [4.69, 9.17) is 9.47 Å². The van der Waals surface area contributed by atoms with E-state index in [2.05, 4.69) is 25.6 Å². The number of rotatable bonds is 9. The fourth-order valence-electron chi connectivity index (χ4n) is 4.14. The van der Waals surface area contributed by atoms with Gasteiger partial charge < -0.3 is 19.4 Å². The van der Waals surface area contributed by atoms with Crippen LogP contribution in [0.2, 0.25) is 0 Å². The molecule has 0 spiro atoms. The summed E-state index contributed by atoms with van der Waals surface area (Å²) in [5.41, 5.74) is 3.47. The number of nitrogens with zero attached hydrogens (tertiary/aromatic N) is 6. The number of hydrogen-bond acceptors (Lipinski definition) is 9. The quantitative estimate of drug-likeness (QED) is 0.166. The molecule has 11 nitrogen and oxygen atoms in total. The minimum absolute atomic E-state index is 0.110. The fraction of sp³-hybridized carbons (Fsp3) is 0.185. The first-order chi connectivity index (χ1) is 19.5. The minimum atomic E-state index is -0.543. The second-order valence-electron chi connectivity index (χ2n) is 9.08. The lowest BCUT2D eigenvalue weighted by Crippen LogP contribution is -2.16. The predicted molar refractivity (Wildman–Crippen MR) is 156 cm³/mol. The number of benzene rings is 2. The Bertz CT molecular complexity index is 1690. The van der Waals surface area contributed by atoms with E-state index in [-0.39, 0.29) is 23.5 Å². The van der Waals surface area contributed by atoms with Crippen molar-refractivity contribution < 1.29 is 19.1 Å². The molecule has 1 fully saturated rings. The van der Waals surface area contributed by atoms with Crippen molar-refractivity contribution in [2.45, 2.75) is 25.4 Å². The van der Waals surface area contributed by atoms with Crippen LogP contribution < -0.4 is 10.1 Å². The monoisotopic (exact) mass is 667 g/mol. The number of carbonyl (C=O) groups excluding carboxylic acids is 2. The highest BCUT2D eigenvalue weighted by Gasteiger charge is 2.28. The zero-order chi connectivity index (χ0) is 27.6. The average molecular weight is 667 g/mol. The number of nitrogens with one attached hydrogen (secondary N) is 1. The average Bonchev–Trinajstić information content (AvgIpc) is 3.32. The predicted octanol–water partition coefficient (Wildman–Crippen LogP) is 5.28. The Hall–Kier alpha value is -4.11. The maximum atomic E-state index is 13.5. The molecule has 5 aromatic rings. The van der Waals surface area contributed by atoms with Gasteiger partial charge in [0.25, 0.3) is 5.91 Å². The third kappa shape index (κ3) is 5.47. The second kappa shape index (κ2) is 11.2. The van der Waals surface area contributed by atoms with Crippen molar-refractivity contribution in [2.75, 3.05) is 12.4 Å². The molecule has 0 unspecified atom stereocenters. The van der Waals surface area contributed by atoms with Gasteiger partial charge in [0.15, 0.2) is 0 Å². The van der Waals surface area contributed by atoms with E-state index < -0.39 is 11.9 Å². The summed E-state index contributed by atoms with van der Waals surface area (Å²) < 4.78 is 14.5. The number of esters is 1. The number of carbonyl (C=O) groups is 2. The molecule has 40 heavy (non-hydrogen) atoms. The molecule has 1 amide bonds. The third-order valence-electron chi connectivity index (χ3n) is 6.35. The van der Waals surface area contributed by atoms with E-state index in [9.17, 15) is 9.59 Å². The molecule has 6 rings (SSSR count). The van der Waals surface area contributed by atoms with Crippen LogP contribution in [0.1, 0.15) is 50.7 Å². The molecule has 1 N–H and O–H groups in total. The Morgan fingerprint density at radius 3 is 2.73 bits per heavy atom. The van der Waals surface area contributed by atoms with Gasteiger partial charge in [0.05, 0.1) is 65.0 Å². The van der Waals surface area contributed by atoms with Gasteiger partial charge in [-0.05, 0) is 30.5 Å². The lowest BCUT2D eigenvalue weighted by molar-refractivity contribution is 0.0472. The Balaban J connectivity index is 1.32. The number of methoxy groups -OCH3 is 1. The maximum Gasteiger partial charge on any atom is 0.340 e.